The molecule has 2 heterocycles. The molecule has 2 fully saturated rings. The topological polar surface area (TPSA) is 229 Å². The molecule has 2 amide bonds. The van der Waals surface area contributed by atoms with Gasteiger partial charge >= 0.3 is 23.9 Å². The van der Waals surface area contributed by atoms with Crippen molar-refractivity contribution in [2.45, 2.75) is 126 Å². The lowest BCUT2D eigenvalue weighted by Gasteiger charge is -2.30. The Balaban J connectivity index is 1.40. The fraction of sp³-hybridized carbons (Fsp3) is 0.571. The summed E-state index contributed by atoms with van der Waals surface area (Å²) in [5, 5.41) is 32.0. The molecule has 8 N–H and O–H groups in total. The first-order chi connectivity index (χ1) is 27.6. The zero-order valence-corrected chi connectivity index (χ0v) is 32.7. The maximum Gasteiger partial charge on any atom is 0.330 e. The lowest BCUT2D eigenvalue weighted by molar-refractivity contribution is -0.163. The summed E-state index contributed by atoms with van der Waals surface area (Å²) in [6.07, 6.45) is 6.53. The lowest BCUT2D eigenvalue weighted by Crippen LogP contribution is -2.56. The predicted molar refractivity (Wildman–Crippen MR) is 213 cm³/mol. The van der Waals surface area contributed by atoms with E-state index in [4.69, 9.17) is 10.5 Å². The minimum absolute atomic E-state index is 0.156. The zero-order chi connectivity index (χ0) is 41.0. The van der Waals surface area contributed by atoms with E-state index in [0.717, 1.165) is 17.5 Å². The highest BCUT2D eigenvalue weighted by molar-refractivity contribution is 5.91. The standard InChI is InChI=1S/C42H60N6O9/c43-25-9-7-17-32(38(50)48-28-12-20-36(48)40(53)54)46-31(23-21-29-13-3-1-4-14-29)37(49)45-26-10-8-18-35(42(56)57-41(55)34-19-11-27-44-34)47-33(39(51)52)24-22-30-15-5-2-6-16-30/h1-6,13-16,31-36,44,46-47H,7-12,17-28,43H2,(H,45,49)(H,51,52)(H,53,54)/t31-,32-,33-,34?,35-,36-/m0/s1. The van der Waals surface area contributed by atoms with Crippen molar-refractivity contribution in [3.05, 3.63) is 71.8 Å². The van der Waals surface area contributed by atoms with E-state index in [1.54, 1.807) is 0 Å². The third kappa shape index (κ3) is 15.0. The SMILES string of the molecule is NCCCC[C@H](N[C@@H](CCc1ccccc1)C(=O)NCCCC[C@H](N[C@@H](CCc1ccccc1)C(=O)O)C(=O)OC(=O)C1CCCN1)C(=O)N1CCC[C@H]1C(=O)O. The van der Waals surface area contributed by atoms with Crippen LogP contribution in [0.5, 0.6) is 0 Å². The van der Waals surface area contributed by atoms with Crippen LogP contribution in [0.1, 0.15) is 88.2 Å². The molecule has 0 radical (unpaired) electrons. The Hall–Kier alpha value is -4.70. The summed E-state index contributed by atoms with van der Waals surface area (Å²) in [4.78, 5) is 79.3. The number of carboxylic acid groups (broad SMARTS) is 2. The van der Waals surface area contributed by atoms with Crippen LogP contribution in [0.15, 0.2) is 60.7 Å². The van der Waals surface area contributed by atoms with Crippen molar-refractivity contribution in [1.29, 1.82) is 0 Å². The Bertz CT molecular complexity index is 1590. The first kappa shape index (κ1) is 45.0. The van der Waals surface area contributed by atoms with E-state index in [-0.39, 0.29) is 31.2 Å². The summed E-state index contributed by atoms with van der Waals surface area (Å²) in [7, 11) is 0. The molecule has 1 unspecified atom stereocenters. The second-order valence-corrected chi connectivity index (χ2v) is 14.9. The molecule has 6 atom stereocenters. The number of carboxylic acids is 2. The van der Waals surface area contributed by atoms with Crippen LogP contribution >= 0.6 is 0 Å². The van der Waals surface area contributed by atoms with E-state index in [1.807, 2.05) is 60.7 Å². The Labute approximate surface area is 334 Å². The Morgan fingerprint density at radius 3 is 1.96 bits per heavy atom. The van der Waals surface area contributed by atoms with Crippen molar-refractivity contribution in [3.63, 3.8) is 0 Å². The Morgan fingerprint density at radius 1 is 0.754 bits per heavy atom. The number of amides is 2. The first-order valence-corrected chi connectivity index (χ1v) is 20.4. The number of hydrogen-bond donors (Lipinski definition) is 7. The second kappa shape index (κ2) is 24.2. The number of esters is 2. The third-order valence-corrected chi connectivity index (χ3v) is 10.7. The third-order valence-electron chi connectivity index (χ3n) is 10.7. The molecule has 0 saturated carbocycles. The van der Waals surface area contributed by atoms with Crippen molar-refractivity contribution in [3.8, 4) is 0 Å². The molecule has 2 saturated heterocycles. The number of aryl methyl sites for hydroxylation is 2. The van der Waals surface area contributed by atoms with Gasteiger partial charge in [0.2, 0.25) is 11.8 Å². The number of hydrogen-bond acceptors (Lipinski definition) is 11. The molecule has 2 aromatic rings. The number of carbonyl (C=O) groups excluding carboxylic acids is 4. The second-order valence-electron chi connectivity index (χ2n) is 14.9. The van der Waals surface area contributed by atoms with Crippen LogP contribution in [0, 0.1) is 0 Å². The van der Waals surface area contributed by atoms with Gasteiger partial charge in [0.05, 0.1) is 12.1 Å². The Morgan fingerprint density at radius 2 is 1.37 bits per heavy atom. The molecule has 57 heavy (non-hydrogen) atoms. The average Bonchev–Trinajstić information content (AvgIpc) is 3.94. The van der Waals surface area contributed by atoms with Gasteiger partial charge in [-0.1, -0.05) is 67.1 Å². The van der Waals surface area contributed by atoms with Crippen LogP contribution in [0.3, 0.4) is 0 Å². The van der Waals surface area contributed by atoms with E-state index in [2.05, 4.69) is 21.3 Å². The van der Waals surface area contributed by atoms with E-state index < -0.39 is 60.1 Å². The number of nitrogens with zero attached hydrogens (tertiary/aromatic N) is 1. The van der Waals surface area contributed by atoms with Crippen molar-refractivity contribution >= 4 is 35.7 Å². The van der Waals surface area contributed by atoms with Gasteiger partial charge in [-0.25, -0.2) is 14.4 Å². The molecule has 0 aliphatic carbocycles. The molecule has 312 valence electrons. The van der Waals surface area contributed by atoms with Gasteiger partial charge in [-0.3, -0.25) is 25.0 Å². The summed E-state index contributed by atoms with van der Waals surface area (Å²) in [6, 6.07) is 13.9. The molecule has 0 aromatic heterocycles. The van der Waals surface area contributed by atoms with Gasteiger partial charge in [-0.15, -0.1) is 0 Å². The van der Waals surface area contributed by atoms with Crippen molar-refractivity contribution in [2.24, 2.45) is 5.73 Å². The number of ether oxygens (including phenoxy) is 1. The minimum Gasteiger partial charge on any atom is -0.480 e. The number of nitrogens with one attached hydrogen (secondary N) is 4. The number of unbranched alkanes of at least 4 members (excludes halogenated alkanes) is 2. The van der Waals surface area contributed by atoms with E-state index in [9.17, 15) is 39.0 Å². The molecule has 2 aliphatic heterocycles. The molecule has 15 nitrogen and oxygen atoms in total. The monoisotopic (exact) mass is 792 g/mol. The highest BCUT2D eigenvalue weighted by atomic mass is 16.6. The largest absolute Gasteiger partial charge is 0.480 e. The molecular weight excluding hydrogens is 732 g/mol. The van der Waals surface area contributed by atoms with Gasteiger partial charge in [0.15, 0.2) is 0 Å². The van der Waals surface area contributed by atoms with Gasteiger partial charge in [-0.05, 0) is 108 Å². The van der Waals surface area contributed by atoms with Crippen LogP contribution < -0.4 is 27.0 Å². The van der Waals surface area contributed by atoms with Crippen LogP contribution in [0.2, 0.25) is 0 Å². The smallest absolute Gasteiger partial charge is 0.330 e. The summed E-state index contributed by atoms with van der Waals surface area (Å²) >= 11 is 0. The number of likely N-dealkylation sites (tertiary alicyclic amines) is 1. The van der Waals surface area contributed by atoms with Crippen LogP contribution in [-0.4, -0.2) is 113 Å². The Kier molecular flexibility index (Phi) is 19.1. The first-order valence-electron chi connectivity index (χ1n) is 20.4. The van der Waals surface area contributed by atoms with Gasteiger partial charge in [0, 0.05) is 13.1 Å². The molecule has 0 spiro atoms. The molecule has 15 heteroatoms. The summed E-state index contributed by atoms with van der Waals surface area (Å²) in [5.41, 5.74) is 7.71. The fourth-order valence-corrected chi connectivity index (χ4v) is 7.43. The highest BCUT2D eigenvalue weighted by Crippen LogP contribution is 2.21. The van der Waals surface area contributed by atoms with E-state index in [0.29, 0.717) is 90.3 Å². The average molecular weight is 793 g/mol. The van der Waals surface area contributed by atoms with Gasteiger partial charge < -0.3 is 36.2 Å². The maximum absolute atomic E-state index is 13.8. The summed E-state index contributed by atoms with van der Waals surface area (Å²) in [5.74, 6) is -4.38. The number of rotatable bonds is 25. The van der Waals surface area contributed by atoms with Crippen molar-refractivity contribution in [2.75, 3.05) is 26.2 Å². The van der Waals surface area contributed by atoms with Crippen molar-refractivity contribution in [1.82, 2.24) is 26.2 Å². The van der Waals surface area contributed by atoms with Gasteiger partial charge in [0.25, 0.3) is 0 Å². The van der Waals surface area contributed by atoms with Crippen LogP contribution in [0.25, 0.3) is 0 Å². The fourth-order valence-electron chi connectivity index (χ4n) is 7.43. The van der Waals surface area contributed by atoms with E-state index in [1.165, 1.54) is 4.90 Å². The molecule has 2 aliphatic rings. The zero-order valence-electron chi connectivity index (χ0n) is 32.7. The minimum atomic E-state index is -1.13. The predicted octanol–water partition coefficient (Wildman–Crippen LogP) is 2.30. The molecule has 4 rings (SSSR count). The maximum atomic E-state index is 13.8. The summed E-state index contributed by atoms with van der Waals surface area (Å²) < 4.78 is 5.23. The molecule has 2 aromatic carbocycles. The number of nitrogens with two attached hydrogens (primary N) is 1. The van der Waals surface area contributed by atoms with Crippen LogP contribution in [-0.2, 0) is 46.3 Å². The molecular formula is C42H60N6O9. The number of aliphatic carboxylic acids is 2. The lowest BCUT2D eigenvalue weighted by atomic mass is 10.0. The number of benzene rings is 2. The molecule has 0 bridgehead atoms. The van der Waals surface area contributed by atoms with Gasteiger partial charge in [-0.2, -0.15) is 0 Å². The quantitative estimate of drug-likeness (QED) is 0.0436. The highest BCUT2D eigenvalue weighted by Gasteiger charge is 2.38. The summed E-state index contributed by atoms with van der Waals surface area (Å²) in [6.45, 7) is 1.64. The number of carbonyl (C=O) groups is 6. The van der Waals surface area contributed by atoms with E-state index >= 15 is 0 Å². The normalized spacial score (nSPS) is 18.6. The van der Waals surface area contributed by atoms with Crippen LogP contribution in [0.4, 0.5) is 0 Å². The van der Waals surface area contributed by atoms with Crippen molar-refractivity contribution < 1.29 is 43.7 Å². The van der Waals surface area contributed by atoms with Gasteiger partial charge in [0.1, 0.15) is 24.2 Å².